The van der Waals surface area contributed by atoms with E-state index in [4.69, 9.17) is 4.74 Å². The van der Waals surface area contributed by atoms with Gasteiger partial charge in [0.05, 0.1) is 6.54 Å². The summed E-state index contributed by atoms with van der Waals surface area (Å²) in [5.74, 6) is -0.257. The number of hydrogen-bond donors (Lipinski definition) is 3. The quantitative estimate of drug-likeness (QED) is 0.529. The van der Waals surface area contributed by atoms with Crippen LogP contribution in [0.25, 0.3) is 0 Å². The number of hydroxylamine groups is 2. The summed E-state index contributed by atoms with van der Waals surface area (Å²) in [6.45, 7) is 13.2. The van der Waals surface area contributed by atoms with Crippen LogP contribution in [0.15, 0.2) is 12.2 Å². The standard InChI is InChI=1S/C16H29N3O4/c1-11(2)13(20)17-7-8-23-14(21)18-12-9-15(3,4)19(22)16(5,6)10-12/h12,22H,1,7-10H2,2-6H3,(H,17,20)(H,18,21). The lowest BCUT2D eigenvalue weighted by atomic mass is 9.79. The van der Waals surface area contributed by atoms with E-state index in [0.29, 0.717) is 18.4 Å². The minimum atomic E-state index is -0.516. The first-order chi connectivity index (χ1) is 10.5. The van der Waals surface area contributed by atoms with Crippen LogP contribution >= 0.6 is 0 Å². The van der Waals surface area contributed by atoms with Crippen molar-refractivity contribution in [3.63, 3.8) is 0 Å². The number of ether oxygens (including phenoxy) is 1. The van der Waals surface area contributed by atoms with E-state index in [1.165, 1.54) is 5.06 Å². The van der Waals surface area contributed by atoms with Gasteiger partial charge in [-0.25, -0.2) is 4.79 Å². The zero-order valence-electron chi connectivity index (χ0n) is 14.7. The van der Waals surface area contributed by atoms with E-state index in [-0.39, 0.29) is 25.1 Å². The van der Waals surface area contributed by atoms with Crippen LogP contribution < -0.4 is 10.6 Å². The lowest BCUT2D eigenvalue weighted by Gasteiger charge is -2.51. The summed E-state index contributed by atoms with van der Waals surface area (Å²) in [6, 6.07) is -0.0825. The van der Waals surface area contributed by atoms with Crippen LogP contribution in [-0.4, -0.2) is 52.5 Å². The molecule has 1 fully saturated rings. The van der Waals surface area contributed by atoms with Crippen LogP contribution in [0.4, 0.5) is 4.79 Å². The van der Waals surface area contributed by atoms with Gasteiger partial charge in [0.15, 0.2) is 0 Å². The van der Waals surface area contributed by atoms with Crippen LogP contribution in [0.2, 0.25) is 0 Å². The maximum absolute atomic E-state index is 11.9. The SMILES string of the molecule is C=C(C)C(=O)NCCOC(=O)NC1CC(C)(C)N(O)C(C)(C)C1. The Morgan fingerprint density at radius 2 is 1.78 bits per heavy atom. The van der Waals surface area contributed by atoms with Gasteiger partial charge in [0.25, 0.3) is 0 Å². The molecule has 3 N–H and O–H groups in total. The number of hydrogen-bond acceptors (Lipinski definition) is 5. The molecule has 0 saturated carbocycles. The van der Waals surface area contributed by atoms with Crippen molar-refractivity contribution in [2.75, 3.05) is 13.2 Å². The van der Waals surface area contributed by atoms with Gasteiger partial charge < -0.3 is 20.6 Å². The van der Waals surface area contributed by atoms with Crippen molar-refractivity contribution in [2.45, 2.75) is 64.6 Å². The van der Waals surface area contributed by atoms with Crippen molar-refractivity contribution >= 4 is 12.0 Å². The lowest BCUT2D eigenvalue weighted by molar-refractivity contribution is -0.245. The van der Waals surface area contributed by atoms with Gasteiger partial charge in [0.1, 0.15) is 6.61 Å². The van der Waals surface area contributed by atoms with Gasteiger partial charge in [-0.1, -0.05) is 6.58 Å². The summed E-state index contributed by atoms with van der Waals surface area (Å²) in [5, 5.41) is 17.0. The lowest BCUT2D eigenvalue weighted by Crippen LogP contribution is -2.63. The number of amides is 2. The Bertz CT molecular complexity index is 456. The molecule has 0 bridgehead atoms. The van der Waals surface area contributed by atoms with Crippen LogP contribution in [0.3, 0.4) is 0 Å². The van der Waals surface area contributed by atoms with Crippen molar-refractivity contribution in [1.29, 1.82) is 0 Å². The Hall–Kier alpha value is -1.60. The number of piperidine rings is 1. The maximum atomic E-state index is 11.9. The van der Waals surface area contributed by atoms with Crippen LogP contribution in [0.5, 0.6) is 0 Å². The average molecular weight is 327 g/mol. The molecule has 0 radical (unpaired) electrons. The molecule has 2 amide bonds. The van der Waals surface area contributed by atoms with E-state index in [0.717, 1.165) is 0 Å². The van der Waals surface area contributed by atoms with E-state index in [9.17, 15) is 14.8 Å². The molecule has 132 valence electrons. The molecule has 0 atom stereocenters. The second kappa shape index (κ2) is 7.31. The minimum Gasteiger partial charge on any atom is -0.448 e. The number of nitrogens with zero attached hydrogens (tertiary/aromatic N) is 1. The molecule has 7 nitrogen and oxygen atoms in total. The van der Waals surface area contributed by atoms with Crippen molar-refractivity contribution < 1.29 is 19.5 Å². The Kier molecular flexibility index (Phi) is 6.18. The molecule has 1 saturated heterocycles. The number of rotatable bonds is 5. The Balaban J connectivity index is 2.40. The van der Waals surface area contributed by atoms with Gasteiger partial charge in [0.2, 0.25) is 5.91 Å². The van der Waals surface area contributed by atoms with Crippen LogP contribution in [0.1, 0.15) is 47.5 Å². The van der Waals surface area contributed by atoms with Gasteiger partial charge >= 0.3 is 6.09 Å². The fraction of sp³-hybridized carbons (Fsp3) is 0.750. The van der Waals surface area contributed by atoms with Crippen LogP contribution in [0, 0.1) is 0 Å². The van der Waals surface area contributed by atoms with E-state index in [2.05, 4.69) is 17.2 Å². The molecule has 23 heavy (non-hydrogen) atoms. The van der Waals surface area contributed by atoms with E-state index in [1.807, 2.05) is 27.7 Å². The predicted octanol–water partition coefficient (Wildman–Crippen LogP) is 1.82. The molecule has 1 aliphatic heterocycles. The molecule has 0 spiro atoms. The molecule has 0 aromatic heterocycles. The van der Waals surface area contributed by atoms with Gasteiger partial charge in [-0.15, -0.1) is 0 Å². The molecule has 0 aliphatic carbocycles. The summed E-state index contributed by atoms with van der Waals surface area (Å²) >= 11 is 0. The topological polar surface area (TPSA) is 90.9 Å². The zero-order chi connectivity index (χ0) is 17.8. The average Bonchev–Trinajstić information content (AvgIpc) is 2.39. The molecule has 0 aromatic carbocycles. The highest BCUT2D eigenvalue weighted by atomic mass is 16.5. The zero-order valence-corrected chi connectivity index (χ0v) is 14.7. The van der Waals surface area contributed by atoms with Gasteiger partial charge in [-0.2, -0.15) is 5.06 Å². The van der Waals surface area contributed by atoms with Gasteiger partial charge in [-0.3, -0.25) is 4.79 Å². The maximum Gasteiger partial charge on any atom is 0.407 e. The molecule has 1 heterocycles. The summed E-state index contributed by atoms with van der Waals surface area (Å²) < 4.78 is 5.07. The number of nitrogens with one attached hydrogen (secondary N) is 2. The highest BCUT2D eigenvalue weighted by Gasteiger charge is 2.45. The molecule has 1 rings (SSSR count). The number of alkyl carbamates (subject to hydrolysis) is 1. The van der Waals surface area contributed by atoms with Gasteiger partial charge in [0, 0.05) is 22.7 Å². The third-order valence-corrected chi connectivity index (χ3v) is 3.97. The first-order valence-corrected chi connectivity index (χ1v) is 7.82. The van der Waals surface area contributed by atoms with Crippen LogP contribution in [-0.2, 0) is 9.53 Å². The van der Waals surface area contributed by atoms with Crippen molar-refractivity contribution in [3.8, 4) is 0 Å². The summed E-state index contributed by atoms with van der Waals surface area (Å²) in [7, 11) is 0. The summed E-state index contributed by atoms with van der Waals surface area (Å²) in [6.07, 6.45) is 0.723. The number of carbonyl (C=O) groups is 2. The second-order valence-electron chi connectivity index (χ2n) is 7.36. The summed E-state index contributed by atoms with van der Waals surface area (Å²) in [4.78, 5) is 23.1. The molecular weight excluding hydrogens is 298 g/mol. The van der Waals surface area contributed by atoms with E-state index < -0.39 is 17.2 Å². The molecular formula is C16H29N3O4. The molecule has 1 aliphatic rings. The largest absolute Gasteiger partial charge is 0.448 e. The Labute approximate surface area is 138 Å². The highest BCUT2D eigenvalue weighted by Crippen LogP contribution is 2.36. The summed E-state index contributed by atoms with van der Waals surface area (Å²) in [5.41, 5.74) is -0.459. The second-order valence-corrected chi connectivity index (χ2v) is 7.36. The molecule has 0 unspecified atom stereocenters. The smallest absolute Gasteiger partial charge is 0.407 e. The first-order valence-electron chi connectivity index (χ1n) is 7.82. The van der Waals surface area contributed by atoms with Crippen molar-refractivity contribution in [1.82, 2.24) is 15.7 Å². The van der Waals surface area contributed by atoms with Gasteiger partial charge in [-0.05, 0) is 47.5 Å². The van der Waals surface area contributed by atoms with Crippen molar-refractivity contribution in [3.05, 3.63) is 12.2 Å². The predicted molar refractivity (Wildman–Crippen MR) is 87.1 cm³/mol. The third-order valence-electron chi connectivity index (χ3n) is 3.97. The molecule has 0 aromatic rings. The highest BCUT2D eigenvalue weighted by molar-refractivity contribution is 5.92. The van der Waals surface area contributed by atoms with Crippen molar-refractivity contribution in [2.24, 2.45) is 0 Å². The third kappa shape index (κ3) is 5.51. The monoisotopic (exact) mass is 327 g/mol. The Morgan fingerprint density at radius 3 is 2.26 bits per heavy atom. The minimum absolute atomic E-state index is 0.0825. The molecule has 7 heteroatoms. The van der Waals surface area contributed by atoms with E-state index >= 15 is 0 Å². The number of carbonyl (C=O) groups excluding carboxylic acids is 2. The first kappa shape index (κ1) is 19.4. The Morgan fingerprint density at radius 1 is 1.26 bits per heavy atom. The normalized spacial score (nSPS) is 20.6. The fourth-order valence-corrected chi connectivity index (χ4v) is 3.04. The van der Waals surface area contributed by atoms with E-state index in [1.54, 1.807) is 6.92 Å². The fourth-order valence-electron chi connectivity index (χ4n) is 3.04.